The van der Waals surface area contributed by atoms with E-state index in [1.807, 2.05) is 0 Å². The maximum Gasteiger partial charge on any atom is 0.191 e. The van der Waals surface area contributed by atoms with Gasteiger partial charge >= 0.3 is 0 Å². The first-order chi connectivity index (χ1) is 10.3. The van der Waals surface area contributed by atoms with Gasteiger partial charge in [0.25, 0.3) is 0 Å². The summed E-state index contributed by atoms with van der Waals surface area (Å²) in [6, 6.07) is 2.20. The molecule has 0 fully saturated rings. The predicted molar refractivity (Wildman–Crippen MR) is 114 cm³/mol. The molecule has 1 aromatic heterocycles. The minimum Gasteiger partial charge on any atom is -0.357 e. The third-order valence-electron chi connectivity index (χ3n) is 3.44. The molecule has 1 aromatic rings. The molecule has 0 aliphatic rings. The van der Waals surface area contributed by atoms with Gasteiger partial charge in [-0.2, -0.15) is 11.3 Å². The molecule has 2 N–H and O–H groups in total. The van der Waals surface area contributed by atoms with E-state index in [0.29, 0.717) is 5.92 Å². The summed E-state index contributed by atoms with van der Waals surface area (Å²) in [6.45, 7) is 12.5. The van der Waals surface area contributed by atoms with Crippen molar-refractivity contribution < 1.29 is 0 Å². The Balaban J connectivity index is 0.00000484. The first kappa shape index (κ1) is 22.7. The van der Waals surface area contributed by atoms with Gasteiger partial charge in [0.05, 0.1) is 0 Å². The van der Waals surface area contributed by atoms with Crippen molar-refractivity contribution in [3.8, 4) is 0 Å². The van der Waals surface area contributed by atoms with Crippen LogP contribution in [0.1, 0.15) is 39.2 Å². The van der Waals surface area contributed by atoms with Crippen molar-refractivity contribution in [3.63, 3.8) is 0 Å². The molecule has 0 saturated heterocycles. The maximum atomic E-state index is 4.76. The number of guanidine groups is 1. The Hall–Kier alpha value is -0.340. The van der Waals surface area contributed by atoms with Crippen LogP contribution in [0.25, 0.3) is 0 Å². The molecule has 6 heteroatoms. The van der Waals surface area contributed by atoms with E-state index < -0.39 is 0 Å². The van der Waals surface area contributed by atoms with Gasteiger partial charge in [0.2, 0.25) is 0 Å². The van der Waals surface area contributed by atoms with Gasteiger partial charge in [0.1, 0.15) is 0 Å². The predicted octanol–water partition coefficient (Wildman–Crippen LogP) is 3.61. The minimum absolute atomic E-state index is 0. The molecule has 4 nitrogen and oxygen atoms in total. The van der Waals surface area contributed by atoms with Crippen molar-refractivity contribution in [2.75, 3.05) is 40.3 Å². The molecule has 0 saturated carbocycles. The van der Waals surface area contributed by atoms with Gasteiger partial charge < -0.3 is 15.5 Å². The highest BCUT2D eigenvalue weighted by atomic mass is 127. The highest BCUT2D eigenvalue weighted by Gasteiger charge is 2.18. The van der Waals surface area contributed by atoms with Crippen molar-refractivity contribution in [2.45, 2.75) is 33.6 Å². The van der Waals surface area contributed by atoms with Gasteiger partial charge in [-0.1, -0.05) is 20.8 Å². The Morgan fingerprint density at radius 3 is 2.57 bits per heavy atom. The van der Waals surface area contributed by atoms with Crippen LogP contribution in [0.15, 0.2) is 21.8 Å². The van der Waals surface area contributed by atoms with Crippen LogP contribution in [0, 0.1) is 5.41 Å². The Morgan fingerprint density at radius 2 is 2.04 bits per heavy atom. The number of thiophene rings is 1. The van der Waals surface area contributed by atoms with E-state index in [2.05, 4.69) is 74.2 Å². The molecule has 1 unspecified atom stereocenters. The lowest BCUT2D eigenvalue weighted by Gasteiger charge is -2.27. The van der Waals surface area contributed by atoms with Crippen molar-refractivity contribution >= 4 is 41.3 Å². The SMILES string of the molecule is CCNC(=NCC(C)(C)CN(C)C)NCC(C)c1ccsc1.I. The normalized spacial score (nSPS) is 13.6. The Bertz CT molecular complexity index is 443. The van der Waals surface area contributed by atoms with E-state index in [9.17, 15) is 0 Å². The van der Waals surface area contributed by atoms with Crippen LogP contribution in [0.3, 0.4) is 0 Å². The van der Waals surface area contributed by atoms with Gasteiger partial charge in [-0.3, -0.25) is 4.99 Å². The van der Waals surface area contributed by atoms with E-state index in [0.717, 1.165) is 32.1 Å². The fourth-order valence-electron chi connectivity index (χ4n) is 2.46. The lowest BCUT2D eigenvalue weighted by atomic mass is 9.93. The smallest absolute Gasteiger partial charge is 0.191 e. The summed E-state index contributed by atoms with van der Waals surface area (Å²) in [4.78, 5) is 6.98. The molecule has 1 heterocycles. The number of halogens is 1. The van der Waals surface area contributed by atoms with Crippen LogP contribution < -0.4 is 10.6 Å². The molecule has 0 radical (unpaired) electrons. The fraction of sp³-hybridized carbons (Fsp3) is 0.706. The second-order valence-electron chi connectivity index (χ2n) is 6.94. The summed E-state index contributed by atoms with van der Waals surface area (Å²) in [6.07, 6.45) is 0. The topological polar surface area (TPSA) is 39.7 Å². The zero-order valence-corrected chi connectivity index (χ0v) is 18.5. The number of aliphatic imine (C=N–C) groups is 1. The summed E-state index contributed by atoms with van der Waals surface area (Å²) in [5, 5.41) is 11.2. The molecule has 1 rings (SSSR count). The van der Waals surface area contributed by atoms with Gasteiger partial charge in [0.15, 0.2) is 5.96 Å². The highest BCUT2D eigenvalue weighted by Crippen LogP contribution is 2.18. The molecule has 0 amide bonds. The van der Waals surface area contributed by atoms with Crippen molar-refractivity contribution in [1.29, 1.82) is 0 Å². The van der Waals surface area contributed by atoms with Gasteiger partial charge in [-0.15, -0.1) is 24.0 Å². The standard InChI is InChI=1S/C17H32N4S.HI/c1-7-18-16(20-12-17(3,4)13-21(5)6)19-10-14(2)15-8-9-22-11-15;/h8-9,11,14H,7,10,12-13H2,1-6H3,(H2,18,19,20);1H. The molecule has 0 aliphatic heterocycles. The highest BCUT2D eigenvalue weighted by molar-refractivity contribution is 14.0. The van der Waals surface area contributed by atoms with Gasteiger partial charge in [-0.05, 0) is 54.7 Å². The molecule has 134 valence electrons. The first-order valence-electron chi connectivity index (χ1n) is 8.03. The lowest BCUT2D eigenvalue weighted by Crippen LogP contribution is -2.40. The third-order valence-corrected chi connectivity index (χ3v) is 4.14. The summed E-state index contributed by atoms with van der Waals surface area (Å²) >= 11 is 1.75. The summed E-state index contributed by atoms with van der Waals surface area (Å²) in [7, 11) is 4.22. The first-order valence-corrected chi connectivity index (χ1v) is 8.97. The monoisotopic (exact) mass is 452 g/mol. The Labute approximate surface area is 163 Å². The minimum atomic E-state index is 0. The van der Waals surface area contributed by atoms with Crippen LogP contribution in [0.2, 0.25) is 0 Å². The van der Waals surface area contributed by atoms with Gasteiger partial charge in [-0.25, -0.2) is 0 Å². The van der Waals surface area contributed by atoms with E-state index in [1.54, 1.807) is 11.3 Å². The summed E-state index contributed by atoms with van der Waals surface area (Å²) in [5.74, 6) is 1.40. The Kier molecular flexibility index (Phi) is 11.1. The van der Waals surface area contributed by atoms with Crippen LogP contribution in [0.5, 0.6) is 0 Å². The molecule has 0 bridgehead atoms. The quantitative estimate of drug-likeness (QED) is 0.360. The average molecular weight is 452 g/mol. The molecule has 1 atom stereocenters. The molecule has 0 aromatic carbocycles. The van der Waals surface area contributed by atoms with Crippen LogP contribution in [-0.2, 0) is 0 Å². The molecule has 0 spiro atoms. The fourth-order valence-corrected chi connectivity index (χ4v) is 3.25. The number of nitrogens with one attached hydrogen (secondary N) is 2. The van der Waals surface area contributed by atoms with E-state index >= 15 is 0 Å². The molecular formula is C17H33IN4S. The second kappa shape index (κ2) is 11.3. The largest absolute Gasteiger partial charge is 0.357 e. The van der Waals surface area contributed by atoms with Crippen LogP contribution >= 0.6 is 35.3 Å². The number of nitrogens with zero attached hydrogens (tertiary/aromatic N) is 2. The second-order valence-corrected chi connectivity index (χ2v) is 7.72. The molecule has 23 heavy (non-hydrogen) atoms. The summed E-state index contributed by atoms with van der Waals surface area (Å²) in [5.41, 5.74) is 1.56. The summed E-state index contributed by atoms with van der Waals surface area (Å²) < 4.78 is 0. The van der Waals surface area contributed by atoms with E-state index in [1.165, 1.54) is 5.56 Å². The number of rotatable bonds is 8. The van der Waals surface area contributed by atoms with Crippen LogP contribution in [0.4, 0.5) is 0 Å². The van der Waals surface area contributed by atoms with Gasteiger partial charge in [0, 0.05) is 26.2 Å². The van der Waals surface area contributed by atoms with E-state index in [-0.39, 0.29) is 29.4 Å². The van der Waals surface area contributed by atoms with Crippen molar-refractivity contribution in [2.24, 2.45) is 10.4 Å². The van der Waals surface area contributed by atoms with E-state index in [4.69, 9.17) is 4.99 Å². The zero-order valence-electron chi connectivity index (χ0n) is 15.3. The van der Waals surface area contributed by atoms with Crippen molar-refractivity contribution in [3.05, 3.63) is 22.4 Å². The number of hydrogen-bond donors (Lipinski definition) is 2. The molecular weight excluding hydrogens is 419 g/mol. The Morgan fingerprint density at radius 1 is 1.35 bits per heavy atom. The maximum absolute atomic E-state index is 4.76. The average Bonchev–Trinajstić information content (AvgIpc) is 2.94. The van der Waals surface area contributed by atoms with Crippen molar-refractivity contribution in [1.82, 2.24) is 15.5 Å². The molecule has 0 aliphatic carbocycles. The third kappa shape index (κ3) is 9.52. The van der Waals surface area contributed by atoms with Crippen LogP contribution in [-0.4, -0.2) is 51.1 Å². The number of hydrogen-bond acceptors (Lipinski definition) is 3. The lowest BCUT2D eigenvalue weighted by molar-refractivity contribution is 0.248. The zero-order chi connectivity index (χ0) is 16.6.